The molecule has 2 aromatic rings. The van der Waals surface area contributed by atoms with Crippen LogP contribution in [0, 0.1) is 6.92 Å². The third kappa shape index (κ3) is 7.57. The molecule has 0 spiro atoms. The third-order valence-electron chi connectivity index (χ3n) is 5.36. The minimum Gasteiger partial charge on any atom is -0.233 e. The van der Waals surface area contributed by atoms with E-state index in [1.54, 1.807) is 6.08 Å². The van der Waals surface area contributed by atoms with Crippen molar-refractivity contribution in [1.29, 1.82) is 0 Å². The van der Waals surface area contributed by atoms with Crippen LogP contribution >= 0.6 is 7.92 Å². The normalized spacial score (nSPS) is 16.4. The van der Waals surface area contributed by atoms with Crippen molar-refractivity contribution >= 4 is 18.8 Å². The van der Waals surface area contributed by atoms with Crippen LogP contribution in [0.15, 0.2) is 122 Å². The molecule has 2 atom stereocenters. The molecular weight excluding hydrogens is 443 g/mol. The fourth-order valence-electron chi connectivity index (χ4n) is 3.82. The van der Waals surface area contributed by atoms with Crippen LogP contribution in [0.2, 0.25) is 0 Å². The first-order valence-corrected chi connectivity index (χ1v) is 13.5. The van der Waals surface area contributed by atoms with Gasteiger partial charge in [-0.1, -0.05) is 125 Å². The SMILES string of the molecule is C=C/C=C\C(=C/C)c1cc(-c2ccc(P(/C(C=C)=C/C=C)C3C=CC=CC3)cc2)nc(C)n1.CC. The molecule has 3 rings (SSSR count). The van der Waals surface area contributed by atoms with Crippen molar-refractivity contribution in [3.63, 3.8) is 0 Å². The lowest BCUT2D eigenvalue weighted by atomic mass is 10.1. The molecule has 0 saturated heterocycles. The van der Waals surface area contributed by atoms with Crippen molar-refractivity contribution in [2.24, 2.45) is 0 Å². The summed E-state index contributed by atoms with van der Waals surface area (Å²) in [6.07, 6.45) is 23.5. The van der Waals surface area contributed by atoms with Crippen molar-refractivity contribution in [3.05, 3.63) is 134 Å². The van der Waals surface area contributed by atoms with E-state index in [0.717, 1.165) is 34.8 Å². The van der Waals surface area contributed by atoms with Gasteiger partial charge in [0.2, 0.25) is 0 Å². The highest BCUT2D eigenvalue weighted by Gasteiger charge is 2.23. The third-order valence-corrected chi connectivity index (χ3v) is 8.15. The molecule has 1 heterocycles. The molecule has 3 heteroatoms. The molecule has 0 fully saturated rings. The number of nitrogens with zero attached hydrogens (tertiary/aromatic N) is 2. The Kier molecular flexibility index (Phi) is 11.8. The zero-order valence-electron chi connectivity index (χ0n) is 21.5. The monoisotopic (exact) mass is 480 g/mol. The van der Waals surface area contributed by atoms with Gasteiger partial charge in [-0.15, -0.1) is 0 Å². The van der Waals surface area contributed by atoms with Crippen molar-refractivity contribution < 1.29 is 0 Å². The lowest BCUT2D eigenvalue weighted by Gasteiger charge is -2.27. The molecule has 0 bridgehead atoms. The van der Waals surface area contributed by atoms with E-state index in [4.69, 9.17) is 4.98 Å². The molecule has 1 aliphatic carbocycles. The van der Waals surface area contributed by atoms with Gasteiger partial charge in [-0.25, -0.2) is 9.97 Å². The fraction of sp³-hybridized carbons (Fsp3) is 0.188. The molecule has 0 N–H and O–H groups in total. The van der Waals surface area contributed by atoms with Gasteiger partial charge >= 0.3 is 0 Å². The molecule has 0 aliphatic heterocycles. The summed E-state index contributed by atoms with van der Waals surface area (Å²) in [4.78, 5) is 9.35. The van der Waals surface area contributed by atoms with E-state index in [9.17, 15) is 0 Å². The summed E-state index contributed by atoms with van der Waals surface area (Å²) in [6.45, 7) is 19.7. The van der Waals surface area contributed by atoms with E-state index in [1.807, 2.05) is 52.0 Å². The van der Waals surface area contributed by atoms with Crippen molar-refractivity contribution in [2.45, 2.75) is 39.8 Å². The smallest absolute Gasteiger partial charge is 0.126 e. The second-order valence-electron chi connectivity index (χ2n) is 7.59. The van der Waals surface area contributed by atoms with Gasteiger partial charge in [0.25, 0.3) is 0 Å². The number of hydrogen-bond donors (Lipinski definition) is 0. The van der Waals surface area contributed by atoms with Crippen LogP contribution in [0.1, 0.15) is 38.7 Å². The summed E-state index contributed by atoms with van der Waals surface area (Å²) in [6, 6.07) is 10.9. The van der Waals surface area contributed by atoms with Gasteiger partial charge in [-0.05, 0) is 50.4 Å². The lowest BCUT2D eigenvalue weighted by molar-refractivity contribution is 1.04. The van der Waals surface area contributed by atoms with Crippen LogP contribution in [-0.4, -0.2) is 15.6 Å². The largest absolute Gasteiger partial charge is 0.233 e. The van der Waals surface area contributed by atoms with E-state index in [-0.39, 0.29) is 0 Å². The van der Waals surface area contributed by atoms with Gasteiger partial charge in [-0.3, -0.25) is 0 Å². The average Bonchev–Trinajstić information content (AvgIpc) is 2.90. The minimum atomic E-state index is -0.584. The maximum Gasteiger partial charge on any atom is 0.126 e. The Labute approximate surface area is 213 Å². The Morgan fingerprint density at radius 2 is 1.77 bits per heavy atom. The maximum atomic E-state index is 4.71. The minimum absolute atomic E-state index is 0.446. The van der Waals surface area contributed by atoms with E-state index >= 15 is 0 Å². The van der Waals surface area contributed by atoms with Gasteiger partial charge in [0.05, 0.1) is 11.4 Å². The van der Waals surface area contributed by atoms with E-state index in [0.29, 0.717) is 5.66 Å². The quantitative estimate of drug-likeness (QED) is 0.265. The van der Waals surface area contributed by atoms with E-state index in [1.165, 1.54) is 10.6 Å². The molecule has 180 valence electrons. The standard InChI is InChI=1S/C30H31N2P.C2H6/c1-6-10-15-24(8-3)29-22-30(32-23(5)31-29)25-18-20-28(21-19-25)33(26(9-4)14-7-2)27-16-12-11-13-17-27;1-2/h6-16,18-22,27H,1-2,4,17H2,3,5H3;1-2H3/b15-10-,24-8+,26-14+;. The molecule has 35 heavy (non-hydrogen) atoms. The molecule has 0 saturated carbocycles. The zero-order valence-corrected chi connectivity index (χ0v) is 22.4. The Morgan fingerprint density at radius 3 is 2.34 bits per heavy atom. The Hall–Kier alpha value is -3.35. The number of allylic oxidation sites excluding steroid dienone is 13. The summed E-state index contributed by atoms with van der Waals surface area (Å²) in [5.74, 6) is 0.752. The molecule has 2 unspecified atom stereocenters. The Morgan fingerprint density at radius 1 is 1.03 bits per heavy atom. The van der Waals surface area contributed by atoms with E-state index in [2.05, 4.69) is 91.5 Å². The zero-order chi connectivity index (χ0) is 25.6. The lowest BCUT2D eigenvalue weighted by Crippen LogP contribution is -2.13. The summed E-state index contributed by atoms with van der Waals surface area (Å²) in [7, 11) is -0.584. The second-order valence-corrected chi connectivity index (χ2v) is 10.0. The topological polar surface area (TPSA) is 25.8 Å². The molecule has 1 aromatic carbocycles. The van der Waals surface area contributed by atoms with E-state index < -0.39 is 7.92 Å². The molecule has 0 amide bonds. The van der Waals surface area contributed by atoms with Crippen LogP contribution in [0.3, 0.4) is 0 Å². The second kappa shape index (κ2) is 14.8. The number of hydrogen-bond acceptors (Lipinski definition) is 2. The van der Waals surface area contributed by atoms with Crippen LogP contribution in [0.25, 0.3) is 16.8 Å². The van der Waals surface area contributed by atoms with Gasteiger partial charge in [-0.2, -0.15) is 0 Å². The number of rotatable bonds is 9. The number of aryl methyl sites for hydroxylation is 1. The van der Waals surface area contributed by atoms with Crippen molar-refractivity contribution in [3.8, 4) is 11.3 Å². The van der Waals surface area contributed by atoms with Gasteiger partial charge in [0, 0.05) is 11.2 Å². The fourth-order valence-corrected chi connectivity index (χ4v) is 6.42. The van der Waals surface area contributed by atoms with Crippen molar-refractivity contribution in [2.75, 3.05) is 0 Å². The number of benzene rings is 1. The molecule has 1 aliphatic rings. The van der Waals surface area contributed by atoms with Gasteiger partial charge < -0.3 is 0 Å². The predicted molar refractivity (Wildman–Crippen MR) is 158 cm³/mol. The molecule has 2 nitrogen and oxygen atoms in total. The highest BCUT2D eigenvalue weighted by atomic mass is 31.1. The molecule has 1 aromatic heterocycles. The molecular formula is C32H37N2P. The highest BCUT2D eigenvalue weighted by Crippen LogP contribution is 2.51. The Balaban J connectivity index is 0.00000210. The summed E-state index contributed by atoms with van der Waals surface area (Å²) < 4.78 is 0. The average molecular weight is 481 g/mol. The maximum absolute atomic E-state index is 4.71. The molecule has 0 radical (unpaired) electrons. The van der Waals surface area contributed by atoms with Crippen LogP contribution in [0.5, 0.6) is 0 Å². The summed E-state index contributed by atoms with van der Waals surface area (Å²) in [5.41, 5.74) is 4.40. The number of aromatic nitrogens is 2. The van der Waals surface area contributed by atoms with Gasteiger partial charge in [0.15, 0.2) is 0 Å². The summed E-state index contributed by atoms with van der Waals surface area (Å²) >= 11 is 0. The van der Waals surface area contributed by atoms with Crippen LogP contribution in [-0.2, 0) is 0 Å². The van der Waals surface area contributed by atoms with Crippen LogP contribution < -0.4 is 5.30 Å². The first-order chi connectivity index (χ1) is 17.1. The Bertz CT molecular complexity index is 1160. The van der Waals surface area contributed by atoms with Gasteiger partial charge in [0.1, 0.15) is 5.82 Å². The first kappa shape index (κ1) is 27.9. The highest BCUT2D eigenvalue weighted by molar-refractivity contribution is 7.70. The van der Waals surface area contributed by atoms with Crippen molar-refractivity contribution in [1.82, 2.24) is 9.97 Å². The van der Waals surface area contributed by atoms with Crippen LogP contribution in [0.4, 0.5) is 0 Å². The predicted octanol–water partition coefficient (Wildman–Crippen LogP) is 8.87. The first-order valence-electron chi connectivity index (χ1n) is 12.1. The summed E-state index contributed by atoms with van der Waals surface area (Å²) in [5, 5.41) is 2.56.